The zero-order chi connectivity index (χ0) is 11.7. The van der Waals surface area contributed by atoms with Gasteiger partial charge in [-0.2, -0.15) is 13.2 Å². The van der Waals surface area contributed by atoms with E-state index in [1.54, 1.807) is 5.32 Å². The summed E-state index contributed by atoms with van der Waals surface area (Å²) in [6.45, 7) is 0. The first kappa shape index (κ1) is 12.3. The van der Waals surface area contributed by atoms with Gasteiger partial charge in [0.15, 0.2) is 0 Å². The first-order valence-corrected chi connectivity index (χ1v) is 6.11. The summed E-state index contributed by atoms with van der Waals surface area (Å²) in [6, 6.07) is -0.692. The van der Waals surface area contributed by atoms with Crippen LogP contribution in [0.25, 0.3) is 0 Å². The van der Waals surface area contributed by atoms with Crippen molar-refractivity contribution < 1.29 is 26.4 Å². The Morgan fingerprint density at radius 2 is 1.67 bits per heavy atom. The molecule has 0 aliphatic carbocycles. The molecule has 88 valence electrons. The van der Waals surface area contributed by atoms with Crippen molar-refractivity contribution in [1.82, 2.24) is 5.32 Å². The SMILES string of the molecule is O=C(NC1CCS(=O)(=O)CC1)C(F)(F)F. The highest BCUT2D eigenvalue weighted by atomic mass is 32.2. The number of halogens is 3. The Hall–Kier alpha value is -0.790. The second kappa shape index (κ2) is 3.99. The van der Waals surface area contributed by atoms with Crippen molar-refractivity contribution in [2.75, 3.05) is 11.5 Å². The van der Waals surface area contributed by atoms with Crippen molar-refractivity contribution in [3.05, 3.63) is 0 Å². The number of carbonyl (C=O) groups is 1. The fourth-order valence-corrected chi connectivity index (χ4v) is 2.79. The molecule has 1 aliphatic rings. The molecule has 0 saturated carbocycles. The summed E-state index contributed by atoms with van der Waals surface area (Å²) in [5, 5.41) is 1.77. The number of carbonyl (C=O) groups excluding carboxylic acids is 1. The van der Waals surface area contributed by atoms with Crippen LogP contribution in [0.1, 0.15) is 12.8 Å². The molecule has 0 aromatic rings. The smallest absolute Gasteiger partial charge is 0.345 e. The quantitative estimate of drug-likeness (QED) is 0.720. The molecule has 8 heteroatoms. The van der Waals surface area contributed by atoms with Crippen LogP contribution < -0.4 is 5.32 Å². The van der Waals surface area contributed by atoms with Gasteiger partial charge in [-0.15, -0.1) is 0 Å². The molecule has 1 aliphatic heterocycles. The lowest BCUT2D eigenvalue weighted by atomic mass is 10.1. The fraction of sp³-hybridized carbons (Fsp3) is 0.857. The largest absolute Gasteiger partial charge is 0.471 e. The fourth-order valence-electron chi connectivity index (χ4n) is 1.30. The topological polar surface area (TPSA) is 63.2 Å². The Bertz CT molecular complexity index is 335. The number of hydrogen-bond acceptors (Lipinski definition) is 3. The van der Waals surface area contributed by atoms with Crippen LogP contribution in [-0.2, 0) is 14.6 Å². The number of nitrogens with one attached hydrogen (secondary N) is 1. The molecule has 0 radical (unpaired) electrons. The maximum absolute atomic E-state index is 11.8. The number of rotatable bonds is 1. The normalized spacial score (nSPS) is 22.3. The molecular formula is C7H10F3NO3S. The third-order valence-corrected chi connectivity index (χ3v) is 3.86. The Balaban J connectivity index is 2.47. The highest BCUT2D eigenvalue weighted by Gasteiger charge is 2.40. The Labute approximate surface area is 84.8 Å². The third kappa shape index (κ3) is 3.69. The standard InChI is InChI=1S/C7H10F3NO3S/c8-7(9,10)6(12)11-5-1-3-15(13,14)4-2-5/h5H,1-4H2,(H,11,12). The molecule has 0 atom stereocenters. The second-order valence-corrected chi connectivity index (χ2v) is 5.70. The van der Waals surface area contributed by atoms with Crippen molar-refractivity contribution in [1.29, 1.82) is 0 Å². The number of sulfone groups is 1. The van der Waals surface area contributed by atoms with E-state index in [0.29, 0.717) is 0 Å². The van der Waals surface area contributed by atoms with Crippen molar-refractivity contribution in [2.24, 2.45) is 0 Å². The summed E-state index contributed by atoms with van der Waals surface area (Å²) in [5.74, 6) is -2.35. The van der Waals surface area contributed by atoms with Crippen LogP contribution in [0, 0.1) is 0 Å². The van der Waals surface area contributed by atoms with Crippen LogP contribution in [0.15, 0.2) is 0 Å². The number of hydrogen-bond donors (Lipinski definition) is 1. The molecule has 0 unspecified atom stereocenters. The summed E-state index contributed by atoms with van der Waals surface area (Å²) >= 11 is 0. The van der Waals surface area contributed by atoms with E-state index in [0.717, 1.165) is 0 Å². The minimum absolute atomic E-state index is 0.0458. The maximum atomic E-state index is 11.8. The van der Waals surface area contributed by atoms with Crippen LogP contribution in [0.4, 0.5) is 13.2 Å². The van der Waals surface area contributed by atoms with Gasteiger partial charge >= 0.3 is 12.1 Å². The molecule has 1 heterocycles. The summed E-state index contributed by atoms with van der Waals surface area (Å²) in [7, 11) is -3.12. The molecule has 0 spiro atoms. The average molecular weight is 245 g/mol. The molecular weight excluding hydrogens is 235 g/mol. The van der Waals surface area contributed by atoms with Gasteiger partial charge in [0.05, 0.1) is 11.5 Å². The van der Waals surface area contributed by atoms with Gasteiger partial charge in [0.1, 0.15) is 9.84 Å². The van der Waals surface area contributed by atoms with Gasteiger partial charge in [0, 0.05) is 6.04 Å². The van der Waals surface area contributed by atoms with E-state index in [2.05, 4.69) is 0 Å². The molecule has 1 rings (SSSR count). The average Bonchev–Trinajstić information content (AvgIpc) is 2.07. The first-order valence-electron chi connectivity index (χ1n) is 4.29. The Morgan fingerprint density at radius 1 is 1.20 bits per heavy atom. The number of amides is 1. The minimum atomic E-state index is -4.91. The summed E-state index contributed by atoms with van der Waals surface area (Å²) in [6.07, 6.45) is -4.81. The molecule has 15 heavy (non-hydrogen) atoms. The zero-order valence-electron chi connectivity index (χ0n) is 7.67. The monoisotopic (exact) mass is 245 g/mol. The van der Waals surface area contributed by atoms with E-state index < -0.39 is 28.0 Å². The zero-order valence-corrected chi connectivity index (χ0v) is 8.49. The van der Waals surface area contributed by atoms with E-state index in [-0.39, 0.29) is 24.3 Å². The maximum Gasteiger partial charge on any atom is 0.471 e. The molecule has 1 fully saturated rings. The van der Waals surface area contributed by atoms with Crippen LogP contribution >= 0.6 is 0 Å². The Morgan fingerprint density at radius 3 is 2.07 bits per heavy atom. The Kier molecular flexibility index (Phi) is 3.27. The molecule has 0 aromatic heterocycles. The third-order valence-electron chi connectivity index (χ3n) is 2.15. The van der Waals surface area contributed by atoms with Gasteiger partial charge in [0.25, 0.3) is 0 Å². The lowest BCUT2D eigenvalue weighted by Gasteiger charge is -2.23. The van der Waals surface area contributed by atoms with Crippen molar-refractivity contribution >= 4 is 15.7 Å². The van der Waals surface area contributed by atoms with Crippen molar-refractivity contribution in [3.63, 3.8) is 0 Å². The number of alkyl halides is 3. The van der Waals surface area contributed by atoms with Crippen LogP contribution in [0.5, 0.6) is 0 Å². The molecule has 1 N–H and O–H groups in total. The van der Waals surface area contributed by atoms with E-state index in [1.165, 1.54) is 0 Å². The first-order chi connectivity index (χ1) is 6.71. The molecule has 0 bridgehead atoms. The predicted molar refractivity (Wildman–Crippen MR) is 45.9 cm³/mol. The highest BCUT2D eigenvalue weighted by molar-refractivity contribution is 7.91. The summed E-state index contributed by atoms with van der Waals surface area (Å²) < 4.78 is 57.4. The van der Waals surface area contributed by atoms with Gasteiger partial charge < -0.3 is 5.32 Å². The highest BCUT2D eigenvalue weighted by Crippen LogP contribution is 2.17. The molecule has 0 aromatic carbocycles. The second-order valence-electron chi connectivity index (χ2n) is 3.40. The van der Waals surface area contributed by atoms with Crippen LogP contribution in [0.2, 0.25) is 0 Å². The van der Waals surface area contributed by atoms with E-state index in [4.69, 9.17) is 0 Å². The van der Waals surface area contributed by atoms with E-state index in [1.807, 2.05) is 0 Å². The lowest BCUT2D eigenvalue weighted by molar-refractivity contribution is -0.174. The van der Waals surface area contributed by atoms with Gasteiger partial charge in [-0.3, -0.25) is 4.79 Å². The molecule has 1 saturated heterocycles. The van der Waals surface area contributed by atoms with Gasteiger partial charge in [-0.1, -0.05) is 0 Å². The van der Waals surface area contributed by atoms with Crippen molar-refractivity contribution in [3.8, 4) is 0 Å². The van der Waals surface area contributed by atoms with Crippen molar-refractivity contribution in [2.45, 2.75) is 25.1 Å². The van der Waals surface area contributed by atoms with Crippen LogP contribution in [0.3, 0.4) is 0 Å². The minimum Gasteiger partial charge on any atom is -0.345 e. The van der Waals surface area contributed by atoms with Gasteiger partial charge in [-0.05, 0) is 12.8 Å². The lowest BCUT2D eigenvalue weighted by Crippen LogP contribution is -2.46. The molecule has 4 nitrogen and oxygen atoms in total. The van der Waals surface area contributed by atoms with Crippen LogP contribution in [-0.4, -0.2) is 38.0 Å². The van der Waals surface area contributed by atoms with E-state index in [9.17, 15) is 26.4 Å². The van der Waals surface area contributed by atoms with Gasteiger partial charge in [-0.25, -0.2) is 8.42 Å². The van der Waals surface area contributed by atoms with Gasteiger partial charge in [0.2, 0.25) is 0 Å². The summed E-state index contributed by atoms with van der Waals surface area (Å²) in [5.41, 5.74) is 0. The summed E-state index contributed by atoms with van der Waals surface area (Å²) in [4.78, 5) is 10.5. The predicted octanol–water partition coefficient (Wildman–Crippen LogP) is 0.242. The van der Waals surface area contributed by atoms with E-state index >= 15 is 0 Å². The molecule has 1 amide bonds.